The molecule has 0 atom stereocenters. The van der Waals surface area contributed by atoms with E-state index in [2.05, 4.69) is 0 Å². The van der Waals surface area contributed by atoms with Crippen LogP contribution < -0.4 is 10.4 Å². The molecule has 4 nitrogen and oxygen atoms in total. The van der Waals surface area contributed by atoms with Crippen molar-refractivity contribution in [3.63, 3.8) is 0 Å². The Hall–Kier alpha value is -2.80. The van der Waals surface area contributed by atoms with Crippen molar-refractivity contribution in [3.8, 4) is 5.75 Å². The molecule has 0 saturated carbocycles. The average molecular weight is 417 g/mol. The smallest absolute Gasteiger partial charge is 0.416 e. The molecule has 0 saturated heterocycles. The number of ether oxygens (including phenoxy) is 1. The number of hydrogen-bond donors (Lipinski definition) is 0. The Balaban J connectivity index is 1.66. The van der Waals surface area contributed by atoms with Crippen molar-refractivity contribution in [3.05, 3.63) is 74.6 Å². The summed E-state index contributed by atoms with van der Waals surface area (Å²) < 4.78 is 50.4. The Labute approximate surface area is 171 Å². The quantitative estimate of drug-likeness (QED) is 0.532. The summed E-state index contributed by atoms with van der Waals surface area (Å²) in [5.74, 6) is 0.680. The lowest BCUT2D eigenvalue weighted by Crippen LogP contribution is -2.32. The zero-order valence-corrected chi connectivity index (χ0v) is 16.8. The molecule has 30 heavy (non-hydrogen) atoms. The molecule has 158 valence electrons. The molecule has 1 aliphatic heterocycles. The van der Waals surface area contributed by atoms with E-state index in [1.165, 1.54) is 18.2 Å². The summed E-state index contributed by atoms with van der Waals surface area (Å²) in [6.07, 6.45) is -2.71. The van der Waals surface area contributed by atoms with Crippen LogP contribution in [0.15, 0.2) is 45.6 Å². The van der Waals surface area contributed by atoms with E-state index in [0.29, 0.717) is 30.0 Å². The molecule has 0 bridgehead atoms. The molecule has 2 heterocycles. The van der Waals surface area contributed by atoms with Crippen LogP contribution in [-0.2, 0) is 25.7 Å². The zero-order valence-electron chi connectivity index (χ0n) is 16.8. The fraction of sp³-hybridized carbons (Fsp3) is 0.348. The van der Waals surface area contributed by atoms with Gasteiger partial charge in [-0.05, 0) is 36.6 Å². The maximum atomic E-state index is 13.0. The van der Waals surface area contributed by atoms with E-state index >= 15 is 0 Å². The first-order valence-corrected chi connectivity index (χ1v) is 9.86. The highest BCUT2D eigenvalue weighted by molar-refractivity contribution is 5.86. The molecule has 7 heteroatoms. The molecule has 0 unspecified atom stereocenters. The summed E-state index contributed by atoms with van der Waals surface area (Å²) in [6, 6.07) is 8.86. The fourth-order valence-electron chi connectivity index (χ4n) is 4.01. The molecule has 1 aromatic heterocycles. The highest BCUT2D eigenvalue weighted by Crippen LogP contribution is 2.36. The predicted octanol–water partition coefficient (Wildman–Crippen LogP) is 5.42. The molecule has 2 aromatic carbocycles. The minimum Gasteiger partial charge on any atom is -0.477 e. The number of hydrogen-bond acceptors (Lipinski definition) is 4. The molecule has 1 aliphatic rings. The van der Waals surface area contributed by atoms with E-state index in [0.717, 1.165) is 41.0 Å². The molecule has 0 amide bonds. The van der Waals surface area contributed by atoms with Crippen LogP contribution in [0.3, 0.4) is 0 Å². The van der Waals surface area contributed by atoms with Gasteiger partial charge >= 0.3 is 11.8 Å². The maximum absolute atomic E-state index is 13.0. The third kappa shape index (κ3) is 3.94. The summed E-state index contributed by atoms with van der Waals surface area (Å²) in [5.41, 5.74) is 2.73. The number of nitrogens with zero attached hydrogens (tertiary/aromatic N) is 1. The lowest BCUT2D eigenvalue weighted by Gasteiger charge is -2.30. The second-order valence-corrected chi connectivity index (χ2v) is 7.67. The number of benzene rings is 2. The highest BCUT2D eigenvalue weighted by Gasteiger charge is 2.30. The van der Waals surface area contributed by atoms with Crippen molar-refractivity contribution >= 4 is 11.0 Å². The van der Waals surface area contributed by atoms with Gasteiger partial charge in [0.25, 0.3) is 0 Å². The molecule has 0 spiro atoms. The van der Waals surface area contributed by atoms with Gasteiger partial charge in [-0.3, -0.25) is 4.90 Å². The average Bonchev–Trinajstić information content (AvgIpc) is 2.69. The minimum atomic E-state index is -4.36. The maximum Gasteiger partial charge on any atom is 0.416 e. The third-order valence-corrected chi connectivity index (χ3v) is 5.34. The molecule has 4 rings (SSSR count). The Morgan fingerprint density at radius 3 is 2.70 bits per heavy atom. The predicted molar refractivity (Wildman–Crippen MR) is 107 cm³/mol. The molecule has 0 radical (unpaired) electrons. The monoisotopic (exact) mass is 417 g/mol. The van der Waals surface area contributed by atoms with Crippen molar-refractivity contribution in [1.29, 1.82) is 0 Å². The van der Waals surface area contributed by atoms with Crippen LogP contribution in [0, 0.1) is 6.92 Å². The van der Waals surface area contributed by atoms with E-state index < -0.39 is 11.7 Å². The second kappa shape index (κ2) is 7.80. The molecular weight excluding hydrogens is 395 g/mol. The lowest BCUT2D eigenvalue weighted by molar-refractivity contribution is -0.137. The summed E-state index contributed by atoms with van der Waals surface area (Å²) in [4.78, 5) is 13.9. The minimum absolute atomic E-state index is 0.245. The van der Waals surface area contributed by atoms with Crippen LogP contribution in [0.2, 0.25) is 0 Å². The molecular formula is C23H22F3NO3. The summed E-state index contributed by atoms with van der Waals surface area (Å²) in [6.45, 7) is 5.03. The summed E-state index contributed by atoms with van der Waals surface area (Å²) >= 11 is 0. The number of fused-ring (bicyclic) bond motifs is 2. The van der Waals surface area contributed by atoms with Gasteiger partial charge in [-0.25, -0.2) is 4.79 Å². The van der Waals surface area contributed by atoms with Gasteiger partial charge in [-0.15, -0.1) is 0 Å². The van der Waals surface area contributed by atoms with Crippen LogP contribution >= 0.6 is 0 Å². The fourth-order valence-corrected chi connectivity index (χ4v) is 4.01. The van der Waals surface area contributed by atoms with Gasteiger partial charge in [0.2, 0.25) is 0 Å². The number of rotatable bonds is 4. The van der Waals surface area contributed by atoms with E-state index in [9.17, 15) is 18.0 Å². The lowest BCUT2D eigenvalue weighted by atomic mass is 9.98. The zero-order chi connectivity index (χ0) is 21.5. The van der Waals surface area contributed by atoms with Crippen LogP contribution in [0.4, 0.5) is 13.2 Å². The topological polar surface area (TPSA) is 42.7 Å². The van der Waals surface area contributed by atoms with Crippen molar-refractivity contribution in [2.45, 2.75) is 46.0 Å². The standard InChI is InChI=1S/C23H22F3NO3/c1-3-5-16-10-20(28)30-22-14(2)21-17(9-19(16)22)12-27(13-29-21)11-15-6-4-7-18(8-15)23(24,25)26/h4,6-10H,3,5,11-13H2,1-2H3. The number of halogens is 3. The molecule has 0 N–H and O–H groups in total. The number of alkyl halides is 3. The molecule has 0 aliphatic carbocycles. The summed E-state index contributed by atoms with van der Waals surface area (Å²) in [5, 5.41) is 0.886. The van der Waals surface area contributed by atoms with Gasteiger partial charge in [-0.2, -0.15) is 13.2 Å². The summed E-state index contributed by atoms with van der Waals surface area (Å²) in [7, 11) is 0. The Morgan fingerprint density at radius 1 is 1.17 bits per heavy atom. The first-order valence-electron chi connectivity index (χ1n) is 9.86. The second-order valence-electron chi connectivity index (χ2n) is 7.67. The first-order chi connectivity index (χ1) is 14.3. The Morgan fingerprint density at radius 2 is 1.97 bits per heavy atom. The molecule has 0 fully saturated rings. The largest absolute Gasteiger partial charge is 0.477 e. The van der Waals surface area contributed by atoms with Crippen LogP contribution in [0.1, 0.15) is 41.2 Å². The molecule has 3 aromatic rings. The van der Waals surface area contributed by atoms with Gasteiger partial charge in [0.1, 0.15) is 18.1 Å². The van der Waals surface area contributed by atoms with E-state index in [1.807, 2.05) is 24.8 Å². The first kappa shape index (κ1) is 20.5. The SMILES string of the molecule is CCCc1cc(=O)oc2c(C)c3c(cc12)CN(Cc1cccc(C(F)(F)F)c1)CO3. The van der Waals surface area contributed by atoms with Gasteiger partial charge in [-0.1, -0.05) is 31.5 Å². The van der Waals surface area contributed by atoms with E-state index in [-0.39, 0.29) is 12.4 Å². The number of aryl methyl sites for hydroxylation is 2. The Bertz CT molecular complexity index is 1150. The van der Waals surface area contributed by atoms with Crippen molar-refractivity contribution in [2.24, 2.45) is 0 Å². The van der Waals surface area contributed by atoms with Gasteiger partial charge < -0.3 is 9.15 Å². The van der Waals surface area contributed by atoms with Gasteiger partial charge in [0, 0.05) is 35.7 Å². The van der Waals surface area contributed by atoms with E-state index in [4.69, 9.17) is 9.15 Å². The van der Waals surface area contributed by atoms with Crippen LogP contribution in [0.5, 0.6) is 5.75 Å². The Kier molecular flexibility index (Phi) is 5.32. The highest BCUT2D eigenvalue weighted by atomic mass is 19.4. The third-order valence-electron chi connectivity index (χ3n) is 5.34. The normalized spacial score (nSPS) is 14.6. The van der Waals surface area contributed by atoms with Crippen molar-refractivity contribution in [1.82, 2.24) is 4.90 Å². The van der Waals surface area contributed by atoms with Crippen LogP contribution in [-0.4, -0.2) is 11.6 Å². The van der Waals surface area contributed by atoms with E-state index in [1.54, 1.807) is 6.07 Å². The van der Waals surface area contributed by atoms with Gasteiger partial charge in [0.15, 0.2) is 0 Å². The van der Waals surface area contributed by atoms with Gasteiger partial charge in [0.05, 0.1) is 5.56 Å². The van der Waals surface area contributed by atoms with Crippen LogP contribution in [0.25, 0.3) is 11.0 Å². The van der Waals surface area contributed by atoms with Crippen molar-refractivity contribution in [2.75, 3.05) is 6.73 Å². The van der Waals surface area contributed by atoms with Crippen molar-refractivity contribution < 1.29 is 22.3 Å².